The minimum absolute atomic E-state index is 0.0221. The summed E-state index contributed by atoms with van der Waals surface area (Å²) in [6.07, 6.45) is 0. The average molecular weight is 680 g/mol. The predicted octanol–water partition coefficient (Wildman–Crippen LogP) is 12.6. The van der Waals surface area contributed by atoms with Crippen LogP contribution in [0.1, 0.15) is 38.2 Å². The second-order valence-electron chi connectivity index (χ2n) is 13.6. The molecule has 0 radical (unpaired) electrons. The van der Waals surface area contributed by atoms with E-state index in [0.717, 1.165) is 55.7 Å². The van der Waals surface area contributed by atoms with E-state index in [0.29, 0.717) is 11.1 Å². The smallest absolute Gasteiger partial charge is 0.193 e. The van der Waals surface area contributed by atoms with E-state index in [4.69, 9.17) is 4.42 Å². The zero-order valence-electron chi connectivity index (χ0n) is 28.8. The normalized spacial score (nSPS) is 13.1. The molecule has 0 saturated carbocycles. The third kappa shape index (κ3) is 4.78. The van der Waals surface area contributed by atoms with Crippen molar-refractivity contribution in [2.24, 2.45) is 0 Å². The van der Waals surface area contributed by atoms with Gasteiger partial charge in [-0.1, -0.05) is 170 Å². The molecule has 0 spiro atoms. The van der Waals surface area contributed by atoms with Crippen molar-refractivity contribution in [2.75, 3.05) is 4.90 Å². The maximum Gasteiger partial charge on any atom is 0.193 e. The predicted molar refractivity (Wildman–Crippen MR) is 216 cm³/mol. The van der Waals surface area contributed by atoms with E-state index in [1.165, 1.54) is 16.7 Å². The van der Waals surface area contributed by atoms with Gasteiger partial charge in [0.25, 0.3) is 0 Å². The van der Waals surface area contributed by atoms with Crippen molar-refractivity contribution in [2.45, 2.75) is 5.41 Å². The molecule has 3 nitrogen and oxygen atoms in total. The molecule has 1 aromatic heterocycles. The largest absolute Gasteiger partial charge is 0.454 e. The Balaban J connectivity index is 1.18. The van der Waals surface area contributed by atoms with E-state index in [1.807, 2.05) is 60.7 Å². The van der Waals surface area contributed by atoms with Gasteiger partial charge in [-0.05, 0) is 63.7 Å². The van der Waals surface area contributed by atoms with E-state index < -0.39 is 5.41 Å². The summed E-state index contributed by atoms with van der Waals surface area (Å²) in [7, 11) is 0. The van der Waals surface area contributed by atoms with Gasteiger partial charge < -0.3 is 9.32 Å². The molecule has 0 fully saturated rings. The first-order chi connectivity index (χ1) is 26.2. The Morgan fingerprint density at radius 3 is 1.68 bits per heavy atom. The number of benzene rings is 8. The molecule has 53 heavy (non-hydrogen) atoms. The Kier molecular flexibility index (Phi) is 7.19. The molecule has 0 saturated heterocycles. The highest BCUT2D eigenvalue weighted by Gasteiger charge is 2.47. The van der Waals surface area contributed by atoms with Gasteiger partial charge in [0.05, 0.1) is 16.8 Å². The first-order valence-corrected chi connectivity index (χ1v) is 18.0. The number of furan rings is 1. The number of carbonyl (C=O) groups excluding carboxylic acids is 1. The Hall–Kier alpha value is -6.97. The number of para-hydroxylation sites is 2. The lowest BCUT2D eigenvalue weighted by atomic mass is 9.62. The fraction of sp³-hybridized carbons (Fsp3) is 0.0200. The van der Waals surface area contributed by atoms with Crippen LogP contribution in [0.4, 0.5) is 17.1 Å². The standard InChI is InChI=1S/C50H33NO2/c52-48(36-14-4-1-5-15-36)37-26-24-34(25-27-37)35-28-30-40(31-29-35)51-45-22-12-11-21-43(45)50(38-16-6-2-7-17-38,39-18-8-3-9-19-39)44-33-32-42-41-20-10-13-23-46(41)53-49(42)47(44)51/h1-33H. The summed E-state index contributed by atoms with van der Waals surface area (Å²) in [4.78, 5) is 15.5. The fourth-order valence-corrected chi connectivity index (χ4v) is 8.36. The van der Waals surface area contributed by atoms with E-state index in [-0.39, 0.29) is 5.78 Å². The minimum Gasteiger partial charge on any atom is -0.454 e. The molecule has 9 aromatic rings. The SMILES string of the molecule is O=C(c1ccccc1)c1ccc(-c2ccc(N3c4ccccc4C(c4ccccc4)(c4ccccc4)c4ccc5c(oc6ccccc65)c43)cc2)cc1. The second-order valence-corrected chi connectivity index (χ2v) is 13.6. The summed E-state index contributed by atoms with van der Waals surface area (Å²) in [6, 6.07) is 69.4. The van der Waals surface area contributed by atoms with Crippen LogP contribution in [0.2, 0.25) is 0 Å². The van der Waals surface area contributed by atoms with Crippen LogP contribution in [0.25, 0.3) is 33.1 Å². The minimum atomic E-state index is -0.614. The molecule has 0 N–H and O–H groups in total. The Morgan fingerprint density at radius 2 is 1.00 bits per heavy atom. The number of anilines is 3. The molecular weight excluding hydrogens is 647 g/mol. The maximum absolute atomic E-state index is 13.1. The number of nitrogens with zero attached hydrogens (tertiary/aromatic N) is 1. The van der Waals surface area contributed by atoms with Gasteiger partial charge in [0.1, 0.15) is 5.58 Å². The van der Waals surface area contributed by atoms with Crippen molar-refractivity contribution in [3.05, 3.63) is 234 Å². The van der Waals surface area contributed by atoms with Gasteiger partial charge in [0.2, 0.25) is 0 Å². The van der Waals surface area contributed by atoms with E-state index >= 15 is 0 Å². The van der Waals surface area contributed by atoms with Crippen LogP contribution < -0.4 is 4.90 Å². The third-order valence-corrected chi connectivity index (χ3v) is 10.8. The average Bonchev–Trinajstić information content (AvgIpc) is 3.63. The van der Waals surface area contributed by atoms with Crippen LogP contribution in [-0.4, -0.2) is 5.78 Å². The number of rotatable bonds is 6. The summed E-state index contributed by atoms with van der Waals surface area (Å²) < 4.78 is 6.87. The molecular formula is C50H33NO2. The number of hydrogen-bond donors (Lipinski definition) is 0. The molecule has 10 rings (SSSR count). The number of hydrogen-bond acceptors (Lipinski definition) is 3. The lowest BCUT2D eigenvalue weighted by Gasteiger charge is -2.46. The zero-order chi connectivity index (χ0) is 35.4. The molecule has 0 bridgehead atoms. The van der Waals surface area contributed by atoms with Crippen LogP contribution in [0.3, 0.4) is 0 Å². The number of fused-ring (bicyclic) bond motifs is 6. The zero-order valence-corrected chi connectivity index (χ0v) is 28.8. The molecule has 3 heteroatoms. The van der Waals surface area contributed by atoms with Crippen molar-refractivity contribution in [1.29, 1.82) is 0 Å². The number of carbonyl (C=O) groups is 1. The van der Waals surface area contributed by atoms with Crippen LogP contribution >= 0.6 is 0 Å². The molecule has 0 aliphatic carbocycles. The van der Waals surface area contributed by atoms with E-state index in [2.05, 4.69) is 144 Å². The van der Waals surface area contributed by atoms with Crippen molar-refractivity contribution < 1.29 is 9.21 Å². The Labute approximate surface area is 308 Å². The first-order valence-electron chi connectivity index (χ1n) is 18.0. The summed E-state index contributed by atoms with van der Waals surface area (Å²) >= 11 is 0. The highest BCUT2D eigenvalue weighted by molar-refractivity contribution is 6.13. The number of ketones is 1. The van der Waals surface area contributed by atoms with Gasteiger partial charge in [-0.2, -0.15) is 0 Å². The summed E-state index contributed by atoms with van der Waals surface area (Å²) in [5, 5.41) is 2.18. The highest BCUT2D eigenvalue weighted by Crippen LogP contribution is 2.59. The summed E-state index contributed by atoms with van der Waals surface area (Å²) in [6.45, 7) is 0. The molecule has 250 valence electrons. The second kappa shape index (κ2) is 12.4. The Bertz CT molecular complexity index is 2730. The Morgan fingerprint density at radius 1 is 0.453 bits per heavy atom. The van der Waals surface area contributed by atoms with Crippen molar-refractivity contribution in [3.8, 4) is 11.1 Å². The summed E-state index contributed by atoms with van der Waals surface area (Å²) in [5.74, 6) is 0.0221. The maximum atomic E-state index is 13.1. The fourth-order valence-electron chi connectivity index (χ4n) is 8.36. The van der Waals surface area contributed by atoms with Crippen LogP contribution in [0.5, 0.6) is 0 Å². The van der Waals surface area contributed by atoms with Gasteiger partial charge in [-0.15, -0.1) is 0 Å². The van der Waals surface area contributed by atoms with Crippen LogP contribution in [-0.2, 0) is 5.41 Å². The monoisotopic (exact) mass is 679 g/mol. The highest BCUT2D eigenvalue weighted by atomic mass is 16.3. The van der Waals surface area contributed by atoms with Gasteiger partial charge in [-0.3, -0.25) is 4.79 Å². The third-order valence-electron chi connectivity index (χ3n) is 10.8. The van der Waals surface area contributed by atoms with Gasteiger partial charge in [-0.25, -0.2) is 0 Å². The van der Waals surface area contributed by atoms with E-state index in [9.17, 15) is 4.79 Å². The summed E-state index contributed by atoms with van der Waals surface area (Å²) in [5.41, 5.74) is 12.5. The van der Waals surface area contributed by atoms with Crippen LogP contribution in [0.15, 0.2) is 205 Å². The van der Waals surface area contributed by atoms with Crippen molar-refractivity contribution in [1.82, 2.24) is 0 Å². The lowest BCUT2D eigenvalue weighted by molar-refractivity contribution is 0.103. The first kappa shape index (κ1) is 30.8. The van der Waals surface area contributed by atoms with Crippen molar-refractivity contribution in [3.63, 3.8) is 0 Å². The molecule has 1 aliphatic rings. The molecule has 8 aromatic carbocycles. The quantitative estimate of drug-likeness (QED) is 0.164. The van der Waals surface area contributed by atoms with Gasteiger partial charge in [0.15, 0.2) is 11.4 Å². The molecule has 0 atom stereocenters. The molecule has 1 aliphatic heterocycles. The van der Waals surface area contributed by atoms with Gasteiger partial charge >= 0.3 is 0 Å². The van der Waals surface area contributed by atoms with Gasteiger partial charge in [0, 0.05) is 27.6 Å². The molecule has 2 heterocycles. The molecule has 0 unspecified atom stereocenters. The molecule has 0 amide bonds. The van der Waals surface area contributed by atoms with E-state index in [1.54, 1.807) is 0 Å². The van der Waals surface area contributed by atoms with Crippen LogP contribution in [0, 0.1) is 0 Å². The lowest BCUT2D eigenvalue weighted by Crippen LogP contribution is -2.37. The van der Waals surface area contributed by atoms with Crippen molar-refractivity contribution >= 4 is 44.8 Å². The topological polar surface area (TPSA) is 33.5 Å².